The molecule has 0 spiro atoms. The van der Waals surface area contributed by atoms with Gasteiger partial charge in [-0.25, -0.2) is 9.97 Å². The largest absolute Gasteiger partial charge is 0.507 e. The Bertz CT molecular complexity index is 3260. The highest BCUT2D eigenvalue weighted by atomic mass is 32.1. The number of aromatic nitrogens is 6. The predicted molar refractivity (Wildman–Crippen MR) is 295 cm³/mol. The molecular formula is C58H63N11O8S. The Morgan fingerprint density at radius 1 is 0.897 bits per heavy atom. The summed E-state index contributed by atoms with van der Waals surface area (Å²) in [5.74, 6) is 0.684. The van der Waals surface area contributed by atoms with Crippen LogP contribution in [0.25, 0.3) is 27.8 Å². The number of amides is 2. The molecule has 404 valence electrons. The number of fused-ring (bicyclic) bond motifs is 2. The number of ether oxygens (including phenoxy) is 3. The van der Waals surface area contributed by atoms with Gasteiger partial charge in [-0.15, -0.1) is 21.5 Å². The van der Waals surface area contributed by atoms with E-state index in [1.54, 1.807) is 35.7 Å². The summed E-state index contributed by atoms with van der Waals surface area (Å²) in [5, 5.41) is 36.8. The van der Waals surface area contributed by atoms with Gasteiger partial charge in [0, 0.05) is 80.6 Å². The number of aliphatic hydroxyl groups is 1. The van der Waals surface area contributed by atoms with E-state index in [4.69, 9.17) is 24.5 Å². The number of aliphatic hydroxyl groups excluding tert-OH is 1. The predicted octanol–water partition coefficient (Wildman–Crippen LogP) is 8.16. The Hall–Kier alpha value is -8.10. The highest BCUT2D eigenvalue weighted by Crippen LogP contribution is 2.41. The third kappa shape index (κ3) is 11.2. The maximum absolute atomic E-state index is 14.2. The summed E-state index contributed by atoms with van der Waals surface area (Å²) in [7, 11) is 0. The van der Waals surface area contributed by atoms with Crippen LogP contribution in [0.2, 0.25) is 0 Å². The molecule has 3 saturated heterocycles. The molecule has 2 unspecified atom stereocenters. The highest BCUT2D eigenvalue weighted by Gasteiger charge is 2.44. The molecule has 2 aromatic carbocycles. The number of phenols is 1. The van der Waals surface area contributed by atoms with Crippen molar-refractivity contribution in [3.05, 3.63) is 132 Å². The Labute approximate surface area is 456 Å². The average Bonchev–Trinajstić information content (AvgIpc) is 4.28. The summed E-state index contributed by atoms with van der Waals surface area (Å²) in [4.78, 5) is 48.7. The number of pyridine rings is 2. The number of benzene rings is 2. The zero-order valence-electron chi connectivity index (χ0n) is 43.9. The third-order valence-electron chi connectivity index (χ3n) is 15.2. The lowest BCUT2D eigenvalue weighted by atomic mass is 9.91. The van der Waals surface area contributed by atoms with Gasteiger partial charge in [0.1, 0.15) is 42.3 Å². The van der Waals surface area contributed by atoms with Crippen LogP contribution in [0.1, 0.15) is 87.5 Å². The number of rotatable bonds is 18. The molecule has 20 heteroatoms. The number of carbonyl (C=O) groups is 2. The van der Waals surface area contributed by atoms with Crippen LogP contribution in [0.3, 0.4) is 0 Å². The van der Waals surface area contributed by atoms with Crippen molar-refractivity contribution in [2.45, 2.75) is 108 Å². The van der Waals surface area contributed by atoms with Crippen molar-refractivity contribution in [2.24, 2.45) is 5.92 Å². The van der Waals surface area contributed by atoms with Gasteiger partial charge < -0.3 is 54.7 Å². The molecule has 4 aliphatic rings. The molecule has 5 N–H and O–H groups in total. The number of nitrogens with zero attached hydrogens (tertiary/aromatic N) is 9. The summed E-state index contributed by atoms with van der Waals surface area (Å²) in [5.41, 5.74) is 15.0. The summed E-state index contributed by atoms with van der Waals surface area (Å²) in [6, 6.07) is 25.8. The van der Waals surface area contributed by atoms with Gasteiger partial charge in [-0.05, 0) is 97.4 Å². The number of β-amino-alcohol motifs (C(OH)–C–C–N with tert-alkyl or cyclic N) is 1. The van der Waals surface area contributed by atoms with Gasteiger partial charge in [-0.3, -0.25) is 14.6 Å². The van der Waals surface area contributed by atoms with Gasteiger partial charge in [0.25, 0.3) is 5.88 Å². The number of anilines is 3. The SMILES string of the molecule is Cc1ncsc1-c1ccc([C@H](C)NC(=O)[C@@H]2C[C@@H](O)CN2C(=O)[C@@H](c2cc(OC/C=C/c3ccc(OC4CC(Oc5cc(N6C7CCC6CN(c6cc(-c8ccccc8O)nnc6N)C7)ccn5)C4)cn3)no2)C(C)C)cc1. The van der Waals surface area contributed by atoms with E-state index >= 15 is 0 Å². The quantitative estimate of drug-likeness (QED) is 0.0634. The van der Waals surface area contributed by atoms with Gasteiger partial charge >= 0.3 is 0 Å². The fourth-order valence-electron chi connectivity index (χ4n) is 11.1. The first-order valence-corrected chi connectivity index (χ1v) is 27.4. The van der Waals surface area contributed by atoms with Crippen LogP contribution >= 0.6 is 11.3 Å². The monoisotopic (exact) mass is 1070 g/mol. The Morgan fingerprint density at radius 3 is 2.41 bits per heavy atom. The number of thiazole rings is 1. The van der Waals surface area contributed by atoms with Crippen LogP contribution in [0.4, 0.5) is 17.2 Å². The molecule has 8 heterocycles. The van der Waals surface area contributed by atoms with Crippen LogP contribution in [0.15, 0.2) is 113 Å². The van der Waals surface area contributed by atoms with Crippen molar-refractivity contribution in [2.75, 3.05) is 41.8 Å². The Kier molecular flexibility index (Phi) is 15.0. The number of para-hydroxylation sites is 1. The zero-order valence-corrected chi connectivity index (χ0v) is 44.7. The number of carbonyl (C=O) groups excluding carboxylic acids is 2. The van der Waals surface area contributed by atoms with E-state index in [0.29, 0.717) is 40.2 Å². The van der Waals surface area contributed by atoms with Crippen molar-refractivity contribution in [3.8, 4) is 45.0 Å². The molecule has 1 aliphatic carbocycles. The normalized spacial score (nSPS) is 21.6. The number of hydrogen-bond donors (Lipinski definition) is 4. The molecule has 78 heavy (non-hydrogen) atoms. The molecule has 2 amide bonds. The smallest absolute Gasteiger partial charge is 0.254 e. The van der Waals surface area contributed by atoms with Crippen LogP contribution in [0.5, 0.6) is 23.3 Å². The molecule has 4 fully saturated rings. The first kappa shape index (κ1) is 52.0. The second-order valence-electron chi connectivity index (χ2n) is 21.0. The molecule has 2 bridgehead atoms. The molecule has 6 atom stereocenters. The number of hydrogen-bond acceptors (Lipinski definition) is 18. The summed E-state index contributed by atoms with van der Waals surface area (Å²) < 4.78 is 24.1. The van der Waals surface area contributed by atoms with Crippen molar-refractivity contribution >= 4 is 46.4 Å². The Balaban J connectivity index is 0.623. The molecular weight excluding hydrogens is 1010 g/mol. The van der Waals surface area contributed by atoms with Gasteiger partial charge in [-0.2, -0.15) is 0 Å². The number of nitrogens with two attached hydrogens (primary N) is 1. The number of nitrogen functional groups attached to an aromatic ring is 1. The number of likely N-dealkylation sites (tertiary alicyclic amines) is 1. The van der Waals surface area contributed by atoms with E-state index in [1.165, 1.54) is 4.90 Å². The number of piperazine rings is 1. The third-order valence-corrected chi connectivity index (χ3v) is 16.2. The zero-order chi connectivity index (χ0) is 54.0. The van der Waals surface area contributed by atoms with Crippen molar-refractivity contribution in [1.29, 1.82) is 0 Å². The number of aryl methyl sites for hydroxylation is 1. The summed E-state index contributed by atoms with van der Waals surface area (Å²) >= 11 is 1.58. The highest BCUT2D eigenvalue weighted by molar-refractivity contribution is 7.13. The second-order valence-corrected chi connectivity index (χ2v) is 21.8. The van der Waals surface area contributed by atoms with Crippen molar-refractivity contribution in [3.63, 3.8) is 0 Å². The van der Waals surface area contributed by atoms with Crippen LogP contribution in [0, 0.1) is 12.8 Å². The lowest BCUT2D eigenvalue weighted by molar-refractivity contribution is -0.141. The van der Waals surface area contributed by atoms with E-state index in [-0.39, 0.29) is 79.3 Å². The molecule has 0 radical (unpaired) electrons. The molecule has 11 rings (SSSR count). The van der Waals surface area contributed by atoms with Crippen molar-refractivity contribution < 1.29 is 38.5 Å². The van der Waals surface area contributed by atoms with E-state index in [9.17, 15) is 19.8 Å². The van der Waals surface area contributed by atoms with Gasteiger partial charge in [-0.1, -0.05) is 50.2 Å². The minimum atomic E-state index is -0.851. The minimum Gasteiger partial charge on any atom is -0.507 e. The van der Waals surface area contributed by atoms with Gasteiger partial charge in [0.15, 0.2) is 11.6 Å². The number of aromatic hydroxyl groups is 1. The van der Waals surface area contributed by atoms with Crippen LogP contribution in [-0.2, 0) is 9.59 Å². The fraction of sp³-hybridized carbons (Fsp3) is 0.379. The topological polar surface area (TPSA) is 241 Å². The lowest BCUT2D eigenvalue weighted by Gasteiger charge is -2.43. The summed E-state index contributed by atoms with van der Waals surface area (Å²) in [6.45, 7) is 9.43. The number of nitrogens with one attached hydrogen (secondary N) is 1. The summed E-state index contributed by atoms with van der Waals surface area (Å²) in [6.07, 6.45) is 9.95. The van der Waals surface area contributed by atoms with Gasteiger partial charge in [0.05, 0.1) is 51.5 Å². The van der Waals surface area contributed by atoms with E-state index in [2.05, 4.69) is 51.5 Å². The second kappa shape index (κ2) is 22.5. The Morgan fingerprint density at radius 2 is 1.68 bits per heavy atom. The van der Waals surface area contributed by atoms with E-state index < -0.39 is 18.1 Å². The molecule has 5 aromatic heterocycles. The molecule has 19 nitrogen and oxygen atoms in total. The standard InChI is InChI=1S/C58H63N11O8S/c1-33(2)54(58(73)68-31-42(70)23-49(68)57(72)63-34(3)36-11-13-37(14-12-36)55-35(4)62-32-78-55)51-27-53(66-77-51)74-21-7-8-38-15-18-43(28-61-38)75-44-24-45(25-44)76-52-22-39(19-20-60-52)69-40-16-17-41(69)30-67(29-40)48-26-47(64-65-56(48)59)46-9-5-6-10-50(46)71/h5-15,18-20,22,26-28,32-34,40-42,44-45,49,54,70-71H,16-17,21,23-25,29-31H2,1-4H3,(H2,59,65)(H,63,72)/b8-7+/t34-,40?,41?,42+,44?,45?,49-,54+/m0/s1. The average molecular weight is 1070 g/mol. The molecule has 1 saturated carbocycles. The first-order chi connectivity index (χ1) is 37.8. The van der Waals surface area contributed by atoms with Crippen LogP contribution in [-0.4, -0.2) is 120 Å². The maximum atomic E-state index is 14.2. The minimum absolute atomic E-state index is 0.0102. The van der Waals surface area contributed by atoms with Gasteiger partial charge in [0.2, 0.25) is 17.7 Å². The first-order valence-electron chi connectivity index (χ1n) is 26.6. The molecule has 7 aromatic rings. The number of phenolic OH excluding ortho intramolecular Hbond substituents is 1. The van der Waals surface area contributed by atoms with E-state index in [0.717, 1.165) is 71.8 Å². The maximum Gasteiger partial charge on any atom is 0.254 e. The molecule has 3 aliphatic heterocycles. The lowest BCUT2D eigenvalue weighted by Crippen LogP contribution is -2.54. The van der Waals surface area contributed by atoms with E-state index in [1.807, 2.05) is 112 Å². The van der Waals surface area contributed by atoms with Crippen molar-refractivity contribution in [1.82, 2.24) is 40.5 Å². The fourth-order valence-corrected chi connectivity index (χ4v) is 12.0. The van der Waals surface area contributed by atoms with Crippen LogP contribution < -0.4 is 35.1 Å².